The van der Waals surface area contributed by atoms with Crippen LogP contribution in [0.2, 0.25) is 0 Å². The highest BCUT2D eigenvalue weighted by atomic mass is 32.2. The van der Waals surface area contributed by atoms with Gasteiger partial charge in [-0.15, -0.1) is 0 Å². The number of sulfonamides is 1. The summed E-state index contributed by atoms with van der Waals surface area (Å²) in [7, 11) is -3.62. The van der Waals surface area contributed by atoms with Crippen molar-refractivity contribution in [2.24, 2.45) is 5.92 Å². The zero-order valence-corrected chi connectivity index (χ0v) is 17.4. The molecule has 0 saturated heterocycles. The largest absolute Gasteiger partial charge is 0.490 e. The Bertz CT molecular complexity index is 1130. The summed E-state index contributed by atoms with van der Waals surface area (Å²) >= 11 is 0. The zero-order chi connectivity index (χ0) is 22.4. The van der Waals surface area contributed by atoms with Crippen molar-refractivity contribution in [2.45, 2.75) is 32.5 Å². The number of aromatic nitrogens is 2. The second kappa shape index (κ2) is 10.2. The van der Waals surface area contributed by atoms with E-state index in [1.807, 2.05) is 0 Å². The second-order valence-electron chi connectivity index (χ2n) is 7.26. The summed E-state index contributed by atoms with van der Waals surface area (Å²) in [6.07, 6.45) is 2.98. The van der Waals surface area contributed by atoms with Crippen molar-refractivity contribution in [3.63, 3.8) is 0 Å². The average Bonchev–Trinajstić information content (AvgIpc) is 3.54. The minimum Gasteiger partial charge on any atom is -0.490 e. The van der Waals surface area contributed by atoms with Gasteiger partial charge >= 0.3 is 5.69 Å². The number of halogens is 2. The number of nitrogens with zero attached hydrogens (tertiary/aromatic N) is 1. The van der Waals surface area contributed by atoms with Gasteiger partial charge in [-0.05, 0) is 42.9 Å². The molecule has 1 aliphatic rings. The van der Waals surface area contributed by atoms with Gasteiger partial charge in [0.1, 0.15) is 6.73 Å². The standard InChI is InChI=1S/C19H23F2N3O6S/c20-15-5-4-14(8-17(15)30-11-13-2-3-13)9-22-31(27,28)7-1-6-29-12-24-10-16(21)18(25)23-19(24)26/h4-5,8,10,13,22H,1-3,6-7,9,11-12H2,(H,23,25,26). The summed E-state index contributed by atoms with van der Waals surface area (Å²) in [5.41, 5.74) is -1.40. The van der Waals surface area contributed by atoms with E-state index >= 15 is 0 Å². The second-order valence-corrected chi connectivity index (χ2v) is 9.18. The van der Waals surface area contributed by atoms with E-state index in [2.05, 4.69) is 4.72 Å². The molecule has 0 bridgehead atoms. The lowest BCUT2D eigenvalue weighted by Gasteiger charge is -2.10. The molecule has 1 fully saturated rings. The molecular formula is C19H23F2N3O6S. The highest BCUT2D eigenvalue weighted by Crippen LogP contribution is 2.30. The van der Waals surface area contributed by atoms with Gasteiger partial charge in [-0.2, -0.15) is 4.39 Å². The van der Waals surface area contributed by atoms with Gasteiger partial charge in [0.25, 0.3) is 5.56 Å². The molecule has 1 aromatic heterocycles. The number of rotatable bonds is 12. The Balaban J connectivity index is 1.41. The van der Waals surface area contributed by atoms with Gasteiger partial charge < -0.3 is 9.47 Å². The van der Waals surface area contributed by atoms with E-state index < -0.39 is 32.9 Å². The summed E-state index contributed by atoms with van der Waals surface area (Å²) in [6, 6.07) is 4.19. The van der Waals surface area contributed by atoms with E-state index in [1.165, 1.54) is 18.2 Å². The highest BCUT2D eigenvalue weighted by Gasteiger charge is 2.22. The van der Waals surface area contributed by atoms with Crippen LogP contribution >= 0.6 is 0 Å². The summed E-state index contributed by atoms with van der Waals surface area (Å²) in [5, 5.41) is 0. The van der Waals surface area contributed by atoms with Crippen LogP contribution in [-0.2, 0) is 28.0 Å². The summed E-state index contributed by atoms with van der Waals surface area (Å²) in [4.78, 5) is 24.2. The van der Waals surface area contributed by atoms with Crippen molar-refractivity contribution in [1.29, 1.82) is 0 Å². The topological polar surface area (TPSA) is 119 Å². The number of hydrogen-bond donors (Lipinski definition) is 2. The van der Waals surface area contributed by atoms with Crippen LogP contribution in [0.15, 0.2) is 34.0 Å². The molecule has 31 heavy (non-hydrogen) atoms. The van der Waals surface area contributed by atoms with E-state index in [0.29, 0.717) is 24.3 Å². The van der Waals surface area contributed by atoms with Gasteiger partial charge in [0.2, 0.25) is 15.8 Å². The Labute approximate surface area is 177 Å². The average molecular weight is 459 g/mol. The van der Waals surface area contributed by atoms with E-state index in [9.17, 15) is 26.8 Å². The van der Waals surface area contributed by atoms with Gasteiger partial charge in [-0.1, -0.05) is 6.07 Å². The van der Waals surface area contributed by atoms with Crippen LogP contribution in [0.4, 0.5) is 8.78 Å². The Kier molecular flexibility index (Phi) is 7.57. The summed E-state index contributed by atoms with van der Waals surface area (Å²) in [6.45, 7) is 0.0856. The van der Waals surface area contributed by atoms with E-state index in [1.54, 1.807) is 4.98 Å². The van der Waals surface area contributed by atoms with Crippen molar-refractivity contribution >= 4 is 10.0 Å². The maximum absolute atomic E-state index is 13.8. The Hall–Kier alpha value is -2.57. The van der Waals surface area contributed by atoms with Crippen molar-refractivity contribution in [3.05, 3.63) is 62.4 Å². The third-order valence-electron chi connectivity index (χ3n) is 4.56. The van der Waals surface area contributed by atoms with Gasteiger partial charge in [-0.25, -0.2) is 22.3 Å². The third kappa shape index (κ3) is 7.26. The molecule has 12 heteroatoms. The molecule has 0 atom stereocenters. The molecule has 0 radical (unpaired) electrons. The summed E-state index contributed by atoms with van der Waals surface area (Å²) < 4.78 is 65.1. The maximum Gasteiger partial charge on any atom is 0.330 e. The smallest absolute Gasteiger partial charge is 0.330 e. The van der Waals surface area contributed by atoms with Crippen LogP contribution in [0.1, 0.15) is 24.8 Å². The number of H-pyrrole nitrogens is 1. The van der Waals surface area contributed by atoms with Crippen molar-refractivity contribution < 1.29 is 26.7 Å². The Morgan fingerprint density at radius 1 is 1.19 bits per heavy atom. The van der Waals surface area contributed by atoms with Crippen molar-refractivity contribution in [2.75, 3.05) is 19.0 Å². The fourth-order valence-electron chi connectivity index (χ4n) is 2.62. The van der Waals surface area contributed by atoms with Crippen molar-refractivity contribution in [1.82, 2.24) is 14.3 Å². The first-order valence-corrected chi connectivity index (χ1v) is 11.3. The molecule has 0 unspecified atom stereocenters. The predicted molar refractivity (Wildman–Crippen MR) is 107 cm³/mol. The molecule has 1 aliphatic carbocycles. The fraction of sp³-hybridized carbons (Fsp3) is 0.474. The highest BCUT2D eigenvalue weighted by molar-refractivity contribution is 7.89. The Morgan fingerprint density at radius 3 is 2.71 bits per heavy atom. The van der Waals surface area contributed by atoms with Crippen LogP contribution in [0.5, 0.6) is 5.75 Å². The van der Waals surface area contributed by atoms with E-state index in [0.717, 1.165) is 17.4 Å². The minimum atomic E-state index is -3.62. The first-order valence-electron chi connectivity index (χ1n) is 9.69. The van der Waals surface area contributed by atoms with Crippen LogP contribution < -0.4 is 20.7 Å². The number of ether oxygens (including phenoxy) is 2. The van der Waals surface area contributed by atoms with Gasteiger partial charge in [-0.3, -0.25) is 14.3 Å². The molecule has 0 aliphatic heterocycles. The fourth-order valence-corrected chi connectivity index (χ4v) is 3.65. The van der Waals surface area contributed by atoms with Crippen LogP contribution in [0.25, 0.3) is 0 Å². The number of nitrogens with one attached hydrogen (secondary N) is 2. The molecule has 3 rings (SSSR count). The normalized spacial score (nSPS) is 14.0. The SMILES string of the molecule is O=c1[nH]c(=O)n(COCCCS(=O)(=O)NCc2ccc(F)c(OCC3CC3)c2)cc1F. The lowest BCUT2D eigenvalue weighted by Crippen LogP contribution is -2.32. The third-order valence-corrected chi connectivity index (χ3v) is 5.97. The lowest BCUT2D eigenvalue weighted by atomic mass is 10.2. The van der Waals surface area contributed by atoms with Crippen LogP contribution in [-0.4, -0.2) is 36.9 Å². The number of aromatic amines is 1. The summed E-state index contributed by atoms with van der Waals surface area (Å²) in [5.74, 6) is -1.30. The molecule has 2 aromatic rings. The van der Waals surface area contributed by atoms with E-state index in [-0.39, 0.29) is 37.8 Å². The quantitative estimate of drug-likeness (QED) is 0.459. The van der Waals surface area contributed by atoms with Gasteiger partial charge in [0.05, 0.1) is 18.6 Å². The first kappa shape index (κ1) is 23.1. The molecule has 9 nitrogen and oxygen atoms in total. The molecule has 1 aromatic carbocycles. The van der Waals surface area contributed by atoms with E-state index in [4.69, 9.17) is 9.47 Å². The van der Waals surface area contributed by atoms with Crippen LogP contribution in [0.3, 0.4) is 0 Å². The zero-order valence-electron chi connectivity index (χ0n) is 16.6. The molecule has 1 saturated carbocycles. The molecule has 2 N–H and O–H groups in total. The van der Waals surface area contributed by atoms with Crippen molar-refractivity contribution in [3.8, 4) is 5.75 Å². The number of benzene rings is 1. The molecule has 1 heterocycles. The minimum absolute atomic E-state index is 0.0101. The molecule has 0 amide bonds. The van der Waals surface area contributed by atoms with Gasteiger partial charge in [0.15, 0.2) is 11.6 Å². The molecular weight excluding hydrogens is 436 g/mol. The van der Waals surface area contributed by atoms with Crippen LogP contribution in [0, 0.1) is 17.6 Å². The maximum atomic E-state index is 13.8. The number of hydrogen-bond acceptors (Lipinski definition) is 6. The molecule has 170 valence electrons. The Morgan fingerprint density at radius 2 is 1.97 bits per heavy atom. The molecule has 0 spiro atoms. The predicted octanol–water partition coefficient (Wildman–Crippen LogP) is 1.09. The van der Waals surface area contributed by atoms with Gasteiger partial charge in [0, 0.05) is 13.2 Å². The monoisotopic (exact) mass is 459 g/mol. The first-order chi connectivity index (χ1) is 14.7. The lowest BCUT2D eigenvalue weighted by molar-refractivity contribution is 0.0736.